The van der Waals surface area contributed by atoms with Crippen LogP contribution >= 0.6 is 15.9 Å². The highest BCUT2D eigenvalue weighted by Gasteiger charge is 2.52. The number of hydrogen-bond donors (Lipinski definition) is 2. The number of esters is 1. The van der Waals surface area contributed by atoms with Crippen molar-refractivity contribution in [1.82, 2.24) is 0 Å². The topological polar surface area (TPSA) is 75.6 Å². The van der Waals surface area contributed by atoms with E-state index in [1.165, 1.54) is 7.11 Å². The molecule has 2 N–H and O–H groups in total. The number of Topliss-reactive ketones (excluding diaryl/α,β-unsaturated/α-hetero) is 1. The predicted octanol–water partition coefficient (Wildman–Crippen LogP) is 1.50. The molecule has 0 unspecified atom stereocenters. The van der Waals surface area contributed by atoms with Gasteiger partial charge in [0.25, 0.3) is 0 Å². The summed E-state index contributed by atoms with van der Waals surface area (Å²) in [5.74, 6) is -0.953. The lowest BCUT2D eigenvalue weighted by Gasteiger charge is -2.27. The smallest absolute Gasteiger partial charge is 0.340 e. The van der Waals surface area contributed by atoms with Gasteiger partial charge in [-0.15, -0.1) is 0 Å². The van der Waals surface area contributed by atoms with Gasteiger partial charge in [0.05, 0.1) is 13.2 Å². The number of halogens is 1. The summed E-state index contributed by atoms with van der Waals surface area (Å²) in [5, 5.41) is 13.4. The number of hydrogen-bond acceptors (Lipinski definition) is 5. The molecule has 1 aliphatic carbocycles. The van der Waals surface area contributed by atoms with Crippen LogP contribution in [0, 0.1) is 0 Å². The molecule has 6 heteroatoms. The molecule has 2 rings (SSSR count). The van der Waals surface area contributed by atoms with Crippen molar-refractivity contribution in [2.75, 3.05) is 12.4 Å². The highest BCUT2D eigenvalue weighted by Crippen LogP contribution is 2.32. The summed E-state index contributed by atoms with van der Waals surface area (Å²) in [6.45, 7) is 0. The fourth-order valence-electron chi connectivity index (χ4n) is 2.23. The van der Waals surface area contributed by atoms with Gasteiger partial charge in [-0.05, 0) is 18.2 Å². The molecule has 1 saturated carbocycles. The monoisotopic (exact) mass is 327 g/mol. The number of rotatable bonds is 3. The van der Waals surface area contributed by atoms with Gasteiger partial charge in [0, 0.05) is 23.0 Å². The van der Waals surface area contributed by atoms with Crippen LogP contribution in [0.3, 0.4) is 0 Å². The molecule has 0 bridgehead atoms. The van der Waals surface area contributed by atoms with Crippen molar-refractivity contribution in [3.05, 3.63) is 28.7 Å². The van der Waals surface area contributed by atoms with Gasteiger partial charge in [-0.1, -0.05) is 22.0 Å². The molecule has 19 heavy (non-hydrogen) atoms. The molecule has 0 spiro atoms. The molecule has 0 heterocycles. The zero-order chi connectivity index (χ0) is 14.0. The average molecular weight is 328 g/mol. The van der Waals surface area contributed by atoms with E-state index in [0.29, 0.717) is 0 Å². The molecule has 1 aliphatic rings. The largest absolute Gasteiger partial charge is 0.467 e. The lowest BCUT2D eigenvalue weighted by atomic mass is 9.97. The Morgan fingerprint density at radius 3 is 2.95 bits per heavy atom. The summed E-state index contributed by atoms with van der Waals surface area (Å²) in [7, 11) is 1.19. The third kappa shape index (κ3) is 2.79. The van der Waals surface area contributed by atoms with Crippen molar-refractivity contribution in [3.63, 3.8) is 0 Å². The molecule has 0 amide bonds. The Morgan fingerprint density at radius 1 is 1.58 bits per heavy atom. The maximum atomic E-state index is 11.7. The minimum Gasteiger partial charge on any atom is -0.467 e. The molecule has 0 radical (unpaired) electrons. The van der Waals surface area contributed by atoms with Crippen molar-refractivity contribution in [1.29, 1.82) is 0 Å². The van der Waals surface area contributed by atoms with Gasteiger partial charge < -0.3 is 15.2 Å². The summed E-state index contributed by atoms with van der Waals surface area (Å²) in [6, 6.07) is 6.60. The zero-order valence-electron chi connectivity index (χ0n) is 10.4. The Labute approximate surface area is 119 Å². The van der Waals surface area contributed by atoms with E-state index in [1.807, 2.05) is 12.1 Å². The third-order valence-corrected chi connectivity index (χ3v) is 3.67. The maximum Gasteiger partial charge on any atom is 0.340 e. The summed E-state index contributed by atoms with van der Waals surface area (Å²) >= 11 is 3.33. The number of ether oxygens (including phenoxy) is 1. The summed E-state index contributed by atoms with van der Waals surface area (Å²) in [4.78, 5) is 23.2. The summed E-state index contributed by atoms with van der Waals surface area (Å²) in [5.41, 5.74) is -1.08. The van der Waals surface area contributed by atoms with E-state index in [4.69, 9.17) is 0 Å². The molecular formula is C13H14BrNO4. The first kappa shape index (κ1) is 14.0. The summed E-state index contributed by atoms with van der Waals surface area (Å²) in [6.07, 6.45) is -0.122. The van der Waals surface area contributed by atoms with E-state index >= 15 is 0 Å². The SMILES string of the molecule is COC(=O)[C@]1(O)CC(=O)C[C@H]1Nc1cccc(Br)c1. The molecule has 0 aliphatic heterocycles. The highest BCUT2D eigenvalue weighted by atomic mass is 79.9. The number of methoxy groups -OCH3 is 1. The Balaban J connectivity index is 2.22. The van der Waals surface area contributed by atoms with Gasteiger partial charge in [-0.25, -0.2) is 4.79 Å². The van der Waals surface area contributed by atoms with Crippen molar-refractivity contribution < 1.29 is 19.4 Å². The van der Waals surface area contributed by atoms with Crippen LogP contribution in [0.15, 0.2) is 28.7 Å². The second kappa shape index (κ2) is 5.30. The molecule has 2 atom stereocenters. The third-order valence-electron chi connectivity index (χ3n) is 3.18. The minimum absolute atomic E-state index is 0.0954. The standard InChI is InChI=1S/C13H14BrNO4/c1-19-12(17)13(18)7-10(16)6-11(13)15-9-4-2-3-8(14)5-9/h2-5,11,15,18H,6-7H2,1H3/t11-,13+/m1/s1. The molecular weight excluding hydrogens is 314 g/mol. The van der Waals surface area contributed by atoms with E-state index in [-0.39, 0.29) is 18.6 Å². The molecule has 5 nitrogen and oxygen atoms in total. The molecule has 1 aromatic carbocycles. The number of nitrogens with one attached hydrogen (secondary N) is 1. The second-order valence-electron chi connectivity index (χ2n) is 4.54. The average Bonchev–Trinajstić information content (AvgIpc) is 2.64. The Hall–Kier alpha value is -1.40. The van der Waals surface area contributed by atoms with E-state index in [0.717, 1.165) is 10.2 Å². The van der Waals surface area contributed by atoms with Gasteiger partial charge >= 0.3 is 5.97 Å². The van der Waals surface area contributed by atoms with E-state index in [9.17, 15) is 14.7 Å². The van der Waals surface area contributed by atoms with Gasteiger partial charge in [-0.2, -0.15) is 0 Å². The number of anilines is 1. The van der Waals surface area contributed by atoms with Crippen LogP contribution in [0.4, 0.5) is 5.69 Å². The van der Waals surface area contributed by atoms with Crippen molar-refractivity contribution in [2.45, 2.75) is 24.5 Å². The number of benzene rings is 1. The van der Waals surface area contributed by atoms with Crippen LogP contribution in [0.1, 0.15) is 12.8 Å². The predicted molar refractivity (Wildman–Crippen MR) is 72.8 cm³/mol. The fraction of sp³-hybridized carbons (Fsp3) is 0.385. The van der Waals surface area contributed by atoms with Crippen LogP contribution in [0.2, 0.25) is 0 Å². The van der Waals surface area contributed by atoms with E-state index in [2.05, 4.69) is 26.0 Å². The number of carbonyl (C=O) groups is 2. The van der Waals surface area contributed by atoms with E-state index < -0.39 is 17.6 Å². The van der Waals surface area contributed by atoms with Crippen molar-refractivity contribution in [2.24, 2.45) is 0 Å². The Morgan fingerprint density at radius 2 is 2.32 bits per heavy atom. The van der Waals surface area contributed by atoms with E-state index in [1.54, 1.807) is 12.1 Å². The van der Waals surface area contributed by atoms with Crippen molar-refractivity contribution >= 4 is 33.4 Å². The van der Waals surface area contributed by atoms with Crippen LogP contribution in [-0.4, -0.2) is 35.6 Å². The van der Waals surface area contributed by atoms with Crippen LogP contribution < -0.4 is 5.32 Å². The van der Waals surface area contributed by atoms with Gasteiger partial charge in [0.2, 0.25) is 0 Å². The van der Waals surface area contributed by atoms with Crippen LogP contribution in [0.25, 0.3) is 0 Å². The van der Waals surface area contributed by atoms with Crippen molar-refractivity contribution in [3.8, 4) is 0 Å². The van der Waals surface area contributed by atoms with Crippen LogP contribution in [0.5, 0.6) is 0 Å². The first-order valence-corrected chi connectivity index (χ1v) is 6.59. The first-order chi connectivity index (χ1) is 8.95. The second-order valence-corrected chi connectivity index (χ2v) is 5.46. The Kier molecular flexibility index (Phi) is 3.91. The summed E-state index contributed by atoms with van der Waals surface area (Å²) < 4.78 is 5.45. The zero-order valence-corrected chi connectivity index (χ0v) is 11.9. The number of aliphatic hydroxyl groups is 1. The molecule has 1 aromatic rings. The maximum absolute atomic E-state index is 11.7. The fourth-order valence-corrected chi connectivity index (χ4v) is 2.63. The normalized spacial score (nSPS) is 26.3. The highest BCUT2D eigenvalue weighted by molar-refractivity contribution is 9.10. The first-order valence-electron chi connectivity index (χ1n) is 5.80. The lowest BCUT2D eigenvalue weighted by Crippen LogP contribution is -2.49. The minimum atomic E-state index is -1.80. The van der Waals surface area contributed by atoms with Gasteiger partial charge in [0.15, 0.2) is 5.60 Å². The van der Waals surface area contributed by atoms with Gasteiger partial charge in [-0.3, -0.25) is 4.79 Å². The van der Waals surface area contributed by atoms with Gasteiger partial charge in [0.1, 0.15) is 5.78 Å². The Bertz CT molecular complexity index is 519. The quantitative estimate of drug-likeness (QED) is 0.823. The lowest BCUT2D eigenvalue weighted by molar-refractivity contribution is -0.162. The molecule has 102 valence electrons. The number of ketones is 1. The van der Waals surface area contributed by atoms with Crippen LogP contribution in [-0.2, 0) is 14.3 Å². The molecule has 0 aromatic heterocycles. The molecule has 0 saturated heterocycles. The number of carbonyl (C=O) groups excluding carboxylic acids is 2. The molecule has 1 fully saturated rings.